The van der Waals surface area contributed by atoms with E-state index < -0.39 is 0 Å². The van der Waals surface area contributed by atoms with Crippen LogP contribution < -0.4 is 0 Å². The molecule has 4 nitrogen and oxygen atoms in total. The lowest BCUT2D eigenvalue weighted by atomic mass is 9.86. The van der Waals surface area contributed by atoms with Gasteiger partial charge in [-0.1, -0.05) is 370 Å². The van der Waals surface area contributed by atoms with Crippen molar-refractivity contribution in [2.24, 2.45) is 0 Å². The fraction of sp³-hybridized carbons (Fsp3) is 0. The monoisotopic (exact) mass is 1470 g/mol. The second-order valence-electron chi connectivity index (χ2n) is 30.1. The molecule has 4 heterocycles. The van der Waals surface area contributed by atoms with Crippen LogP contribution in [-0.2, 0) is 0 Å². The fourth-order valence-electron chi connectivity index (χ4n) is 18.3. The minimum atomic E-state index is 0.965. The zero-order valence-electron chi connectivity index (χ0n) is 63.4. The van der Waals surface area contributed by atoms with E-state index in [1.807, 2.05) is 6.20 Å². The van der Waals surface area contributed by atoms with E-state index in [2.05, 4.69) is 440 Å². The number of aromatic nitrogens is 4. The molecule has 0 saturated heterocycles. The Morgan fingerprint density at radius 2 is 0.500 bits per heavy atom. The second kappa shape index (κ2) is 28.4. The van der Waals surface area contributed by atoms with Gasteiger partial charge in [-0.15, -0.1) is 0 Å². The molecule has 19 aromatic carbocycles. The number of pyridine rings is 2. The van der Waals surface area contributed by atoms with Crippen molar-refractivity contribution < 1.29 is 0 Å². The van der Waals surface area contributed by atoms with Gasteiger partial charge in [-0.2, -0.15) is 0 Å². The molecule has 116 heavy (non-hydrogen) atoms. The molecule has 0 unspecified atom stereocenters. The molecule has 4 aromatic heterocycles. The highest BCUT2D eigenvalue weighted by Gasteiger charge is 2.24. The lowest BCUT2D eigenvalue weighted by Gasteiger charge is -2.17. The van der Waals surface area contributed by atoms with E-state index in [1.54, 1.807) is 0 Å². The molecule has 0 aliphatic carbocycles. The Morgan fingerprint density at radius 3 is 0.940 bits per heavy atom. The van der Waals surface area contributed by atoms with E-state index >= 15 is 0 Å². The lowest BCUT2D eigenvalue weighted by Crippen LogP contribution is -1.94. The predicted octanol–water partition coefficient (Wildman–Crippen LogP) is 30.3. The zero-order valence-corrected chi connectivity index (χ0v) is 63.4. The number of nitrogens with zero attached hydrogens (tertiary/aromatic N) is 4. The summed E-state index contributed by atoms with van der Waals surface area (Å²) in [6.07, 6.45) is 4.09. The first-order valence-electron chi connectivity index (χ1n) is 39.8. The molecule has 23 aromatic rings. The quantitative estimate of drug-likeness (QED) is 0.121. The predicted molar refractivity (Wildman–Crippen MR) is 491 cm³/mol. The van der Waals surface area contributed by atoms with Gasteiger partial charge in [0.25, 0.3) is 0 Å². The van der Waals surface area contributed by atoms with Gasteiger partial charge in [0.1, 0.15) is 0 Å². The average molecular weight is 1470 g/mol. The summed E-state index contributed by atoms with van der Waals surface area (Å²) in [7, 11) is 0. The molecule has 0 spiro atoms. The minimum Gasteiger partial charge on any atom is -0.309 e. The summed E-state index contributed by atoms with van der Waals surface area (Å²) in [5.74, 6) is 0. The van der Waals surface area contributed by atoms with E-state index in [9.17, 15) is 0 Å². The van der Waals surface area contributed by atoms with E-state index in [0.717, 1.165) is 44.9 Å². The molecule has 0 amide bonds. The Morgan fingerprint density at radius 1 is 0.172 bits per heavy atom. The van der Waals surface area contributed by atoms with Crippen molar-refractivity contribution in [3.8, 4) is 112 Å². The number of hydrogen-bond donors (Lipinski definition) is 0. The number of fused-ring (bicyclic) bond motifs is 14. The number of benzene rings is 19. The molecule has 0 atom stereocenters. The van der Waals surface area contributed by atoms with Gasteiger partial charge in [-0.3, -0.25) is 9.97 Å². The molecule has 0 aliphatic rings. The molecular weight excluding hydrogens is 1400 g/mol. The van der Waals surface area contributed by atoms with Crippen molar-refractivity contribution in [3.05, 3.63) is 437 Å². The maximum absolute atomic E-state index is 5.27. The second-order valence-corrected chi connectivity index (χ2v) is 30.1. The van der Waals surface area contributed by atoms with Gasteiger partial charge in [-0.25, -0.2) is 0 Å². The smallest absolute Gasteiger partial charge is 0.0714 e. The van der Waals surface area contributed by atoms with Crippen LogP contribution in [0.15, 0.2) is 437 Å². The van der Waals surface area contributed by atoms with Crippen molar-refractivity contribution in [1.29, 1.82) is 0 Å². The minimum absolute atomic E-state index is 0.965. The Labute approximate surface area is 671 Å². The van der Waals surface area contributed by atoms with E-state index in [-0.39, 0.29) is 0 Å². The molecular formula is C112H72N4. The Bertz CT molecular complexity index is 7610. The summed E-state index contributed by atoms with van der Waals surface area (Å²) in [6.45, 7) is 0. The third kappa shape index (κ3) is 11.5. The van der Waals surface area contributed by atoms with Crippen LogP contribution in [-0.4, -0.2) is 19.1 Å². The highest BCUT2D eigenvalue weighted by molar-refractivity contribution is 6.25. The number of para-hydroxylation sites is 2. The normalized spacial score (nSPS) is 11.6. The van der Waals surface area contributed by atoms with E-state index in [4.69, 9.17) is 9.97 Å². The van der Waals surface area contributed by atoms with Crippen LogP contribution >= 0.6 is 0 Å². The van der Waals surface area contributed by atoms with Gasteiger partial charge in [0.05, 0.1) is 33.5 Å². The SMILES string of the molecule is c1ccc(-c2ccc(-c3c4ccccc4c(-c4ccc(-c5ccc(-c6ccc7c(c6)c6ccc8ccccc8c6n7-c6ccccc6)cc5)cn4)c4ccccc34)cc2)cc1.c1ccc(-c2ccc(-c3c4ccccc4c(-c4ccc(-c5cccc6c5c5ccc7ccccc7c5n6-c5ccccc5)cn4)c4ccccc34)cc2)cc1. The van der Waals surface area contributed by atoms with Gasteiger partial charge >= 0.3 is 0 Å². The molecule has 540 valence electrons. The van der Waals surface area contributed by atoms with Gasteiger partial charge in [-0.05, 0) is 175 Å². The van der Waals surface area contributed by atoms with Crippen LogP contribution in [0.2, 0.25) is 0 Å². The highest BCUT2D eigenvalue weighted by atomic mass is 15.0. The first-order valence-corrected chi connectivity index (χ1v) is 39.8. The van der Waals surface area contributed by atoms with Crippen molar-refractivity contribution in [3.63, 3.8) is 0 Å². The van der Waals surface area contributed by atoms with Crippen LogP contribution in [0.5, 0.6) is 0 Å². The molecule has 23 rings (SSSR count). The first-order chi connectivity index (χ1) is 57.6. The van der Waals surface area contributed by atoms with Gasteiger partial charge < -0.3 is 9.13 Å². The Kier molecular flexibility index (Phi) is 16.6. The maximum atomic E-state index is 5.27. The molecule has 0 bridgehead atoms. The van der Waals surface area contributed by atoms with Crippen molar-refractivity contribution in [2.75, 3.05) is 0 Å². The summed E-state index contributed by atoms with van der Waals surface area (Å²) in [5, 5.41) is 19.6. The highest BCUT2D eigenvalue weighted by Crippen LogP contribution is 2.49. The van der Waals surface area contributed by atoms with Gasteiger partial charge in [0, 0.05) is 78.3 Å². The van der Waals surface area contributed by atoms with Crippen LogP contribution in [0.4, 0.5) is 0 Å². The van der Waals surface area contributed by atoms with Gasteiger partial charge in [0.2, 0.25) is 0 Å². The third-order valence-corrected chi connectivity index (χ3v) is 23.7. The molecule has 0 fully saturated rings. The lowest BCUT2D eigenvalue weighted by molar-refractivity contribution is 1.19. The summed E-state index contributed by atoms with van der Waals surface area (Å²) < 4.78 is 4.84. The summed E-state index contributed by atoms with van der Waals surface area (Å²) >= 11 is 0. The number of hydrogen-bond acceptors (Lipinski definition) is 2. The van der Waals surface area contributed by atoms with E-state index in [1.165, 1.54) is 175 Å². The Hall–Kier alpha value is -15.4. The average Bonchev–Trinajstić information content (AvgIpc) is 1.69. The molecule has 0 aliphatic heterocycles. The summed E-state index contributed by atoms with van der Waals surface area (Å²) in [6, 6.07) is 154. The largest absolute Gasteiger partial charge is 0.309 e. The molecule has 4 heteroatoms. The summed E-state index contributed by atoms with van der Waals surface area (Å²) in [5.41, 5.74) is 28.1. The van der Waals surface area contributed by atoms with Crippen LogP contribution in [0, 0.1) is 0 Å². The maximum Gasteiger partial charge on any atom is 0.0714 e. The van der Waals surface area contributed by atoms with Crippen molar-refractivity contribution >= 4 is 108 Å². The third-order valence-electron chi connectivity index (χ3n) is 23.7. The molecule has 0 radical (unpaired) electrons. The number of rotatable bonds is 11. The van der Waals surface area contributed by atoms with Crippen molar-refractivity contribution in [1.82, 2.24) is 19.1 Å². The fourth-order valence-corrected chi connectivity index (χ4v) is 18.3. The van der Waals surface area contributed by atoms with Crippen molar-refractivity contribution in [2.45, 2.75) is 0 Å². The van der Waals surface area contributed by atoms with E-state index in [0.29, 0.717) is 0 Å². The van der Waals surface area contributed by atoms with Crippen LogP contribution in [0.1, 0.15) is 0 Å². The molecule has 0 N–H and O–H groups in total. The first kappa shape index (κ1) is 67.5. The Balaban J connectivity index is 0.000000141. The van der Waals surface area contributed by atoms with Crippen LogP contribution in [0.25, 0.3) is 220 Å². The standard InChI is InChI=1S/C59H38N2.C53H34N2/c1-3-13-39(14-4-1)40-27-29-44(30-28-40)57-49-19-9-11-21-51(49)58(52-22-12-10-20-50(52)57)55-35-32-46(38-60-55)42-25-23-41(24-26-42)45-33-36-56-54(37-45)53-34-31-43-15-7-8-18-48(43)59(53)61(56)47-16-5-2-6-17-47;1-3-14-35(15-4-1)36-26-28-38(29-27-36)50-43-20-9-11-22-45(43)51(46-23-12-10-21-44(46)50)48-33-31-39(34-54-48)41-24-13-25-49-52(41)47-32-30-37-16-7-8-19-42(37)53(47)55(49)40-17-5-2-6-18-40/h1-38H;1-34H. The van der Waals surface area contributed by atoms with Crippen LogP contribution in [0.3, 0.4) is 0 Å². The zero-order chi connectivity index (χ0) is 76.6. The topological polar surface area (TPSA) is 35.6 Å². The molecule has 0 saturated carbocycles. The van der Waals surface area contributed by atoms with Gasteiger partial charge in [0.15, 0.2) is 0 Å². The summed E-state index contributed by atoms with van der Waals surface area (Å²) in [4.78, 5) is 10.4.